The Morgan fingerprint density at radius 3 is 1.15 bits per heavy atom. The van der Waals surface area contributed by atoms with E-state index in [0.29, 0.717) is 0 Å². The first-order chi connectivity index (χ1) is 24.4. The molecule has 0 saturated carbocycles. The number of fused-ring (bicyclic) bond motifs is 2. The summed E-state index contributed by atoms with van der Waals surface area (Å²) in [5, 5.41) is 8.09. The van der Waals surface area contributed by atoms with Crippen molar-refractivity contribution in [2.24, 2.45) is 0 Å². The van der Waals surface area contributed by atoms with Crippen molar-refractivity contribution in [3.63, 3.8) is 0 Å². The zero-order valence-electron chi connectivity index (χ0n) is 34.2. The number of hydrogen-bond acceptors (Lipinski definition) is 2. The van der Waals surface area contributed by atoms with Crippen LogP contribution in [0.25, 0.3) is 21.5 Å². The Morgan fingerprint density at radius 2 is 0.833 bits per heavy atom. The summed E-state index contributed by atoms with van der Waals surface area (Å²) in [6.07, 6.45) is 4.79. The van der Waals surface area contributed by atoms with Crippen LogP contribution in [0.1, 0.15) is 78.4 Å². The van der Waals surface area contributed by atoms with Crippen LogP contribution in [0.3, 0.4) is 0 Å². The van der Waals surface area contributed by atoms with Gasteiger partial charge in [-0.25, -0.2) is 0 Å². The molecule has 6 aromatic carbocycles. The standard InChI is InChI=1S/2C17H25OSi.C12H11Si.2ClH.Zr/c2*1-6-11-17(2,3)15-12-13-9-7-8-10-14(13)16(15)18-19(4)5;1-3-7-11(8-4-1)13-12-9-5-2-6-10-12;;;/h2*7-10,12,19H,6,11H2,1-5H3;1-10,13H;2*1H;/q2*-1;;;;+4/p-2. The fourth-order valence-corrected chi connectivity index (χ4v) is 9.60. The van der Waals surface area contributed by atoms with Gasteiger partial charge in [-0.2, -0.15) is 0 Å². The van der Waals surface area contributed by atoms with Crippen LogP contribution in [0.5, 0.6) is 11.5 Å². The second-order valence-corrected chi connectivity index (χ2v) is 21.8. The summed E-state index contributed by atoms with van der Waals surface area (Å²) in [7, 11) is -1.91. The first kappa shape index (κ1) is 49.8. The first-order valence-electron chi connectivity index (χ1n) is 19.0. The van der Waals surface area contributed by atoms with Crippen molar-refractivity contribution in [3.05, 3.63) is 132 Å². The molecule has 0 spiro atoms. The van der Waals surface area contributed by atoms with E-state index in [0.717, 1.165) is 11.5 Å². The van der Waals surface area contributed by atoms with Gasteiger partial charge in [0.1, 0.15) is 9.52 Å². The number of rotatable bonds is 12. The largest absolute Gasteiger partial charge is 4.00 e. The van der Waals surface area contributed by atoms with Gasteiger partial charge in [-0.3, -0.25) is 0 Å². The average molecular weight is 892 g/mol. The van der Waals surface area contributed by atoms with Gasteiger partial charge < -0.3 is 33.7 Å². The number of halogens is 2. The van der Waals surface area contributed by atoms with Crippen molar-refractivity contribution in [1.82, 2.24) is 0 Å². The van der Waals surface area contributed by atoms with Crippen molar-refractivity contribution in [2.75, 3.05) is 0 Å². The number of benzene rings is 4. The molecule has 6 rings (SSSR count). The average Bonchev–Trinajstić information content (AvgIpc) is 3.65. The summed E-state index contributed by atoms with van der Waals surface area (Å²) >= 11 is 0. The van der Waals surface area contributed by atoms with Crippen LogP contribution in [0, 0.1) is 0 Å². The third kappa shape index (κ3) is 14.1. The number of hydrogen-bond donors (Lipinski definition) is 0. The summed E-state index contributed by atoms with van der Waals surface area (Å²) in [5.41, 5.74) is 3.15. The minimum Gasteiger partial charge on any atom is -1.00 e. The van der Waals surface area contributed by atoms with Gasteiger partial charge in [-0.15, -0.1) is 70.1 Å². The zero-order chi connectivity index (χ0) is 37.0. The summed E-state index contributed by atoms with van der Waals surface area (Å²) < 4.78 is 12.5. The van der Waals surface area contributed by atoms with Gasteiger partial charge in [0.2, 0.25) is 18.1 Å². The summed E-state index contributed by atoms with van der Waals surface area (Å²) in [6.45, 7) is 22.8. The molecule has 0 aromatic heterocycles. The molecule has 1 radical (unpaired) electrons. The predicted molar refractivity (Wildman–Crippen MR) is 233 cm³/mol. The van der Waals surface area contributed by atoms with E-state index in [1.807, 2.05) is 0 Å². The van der Waals surface area contributed by atoms with Crippen molar-refractivity contribution in [3.8, 4) is 11.5 Å². The maximum Gasteiger partial charge on any atom is 4.00 e. The van der Waals surface area contributed by atoms with Gasteiger partial charge in [0.05, 0.1) is 0 Å². The van der Waals surface area contributed by atoms with Crippen LogP contribution in [0.15, 0.2) is 121 Å². The molecule has 0 amide bonds. The molecule has 0 heterocycles. The maximum atomic E-state index is 6.27. The van der Waals surface area contributed by atoms with Crippen LogP contribution in [-0.4, -0.2) is 27.6 Å². The molecule has 0 aliphatic rings. The molecule has 0 aliphatic carbocycles. The van der Waals surface area contributed by atoms with Gasteiger partial charge in [-0.1, -0.05) is 149 Å². The van der Waals surface area contributed by atoms with Crippen LogP contribution in [0.2, 0.25) is 26.2 Å². The summed E-state index contributed by atoms with van der Waals surface area (Å²) in [4.78, 5) is 0. The van der Waals surface area contributed by atoms with Crippen molar-refractivity contribution < 1.29 is 59.9 Å². The Balaban J connectivity index is 0.000000401. The fourth-order valence-electron chi connectivity index (χ4n) is 6.93. The van der Waals surface area contributed by atoms with E-state index < -0.39 is 18.1 Å². The van der Waals surface area contributed by atoms with Gasteiger partial charge >= 0.3 is 26.2 Å². The second-order valence-electron chi connectivity index (χ2n) is 15.5. The SMILES string of the molecule is CCCC(C)(C)c1[cH-]c2ccccc2c1O[SiH](C)C.CCCC(C)(C)c1[cH-]c2ccccc2c1O[SiH](C)C.[Cl-].[Cl-].[Zr+4].c1ccc([SiH]c2ccccc2)cc1. The topological polar surface area (TPSA) is 18.5 Å². The third-order valence-corrected chi connectivity index (χ3v) is 12.2. The maximum absolute atomic E-state index is 6.27. The molecule has 8 heteroatoms. The molecular formula is C46H61Cl2O2Si3Zr. The third-order valence-electron chi connectivity index (χ3n) is 9.35. The molecule has 0 saturated heterocycles. The molecule has 0 N–H and O–H groups in total. The normalized spacial score (nSPS) is 11.0. The smallest absolute Gasteiger partial charge is 1.00 e. The molecule has 0 fully saturated rings. The molecule has 54 heavy (non-hydrogen) atoms. The van der Waals surface area contributed by atoms with Crippen LogP contribution >= 0.6 is 0 Å². The molecule has 0 unspecified atom stereocenters. The Bertz CT molecular complexity index is 1780. The summed E-state index contributed by atoms with van der Waals surface area (Å²) in [5.74, 6) is 2.30. The van der Waals surface area contributed by atoms with Crippen LogP contribution in [-0.2, 0) is 37.0 Å². The summed E-state index contributed by atoms with van der Waals surface area (Å²) in [6, 6.07) is 43.2. The molecule has 0 atom stereocenters. The van der Waals surface area contributed by atoms with E-state index in [-0.39, 0.29) is 71.4 Å². The monoisotopic (exact) mass is 889 g/mol. The predicted octanol–water partition coefficient (Wildman–Crippen LogP) is 5.08. The van der Waals surface area contributed by atoms with Gasteiger partial charge in [0, 0.05) is 0 Å². The zero-order valence-corrected chi connectivity index (χ0v) is 41.6. The minimum atomic E-state index is -1.09. The van der Waals surface area contributed by atoms with E-state index in [4.69, 9.17) is 8.85 Å². The van der Waals surface area contributed by atoms with Crippen molar-refractivity contribution in [2.45, 2.75) is 104 Å². The molecule has 287 valence electrons. The van der Waals surface area contributed by atoms with Crippen molar-refractivity contribution in [1.29, 1.82) is 0 Å². The van der Waals surface area contributed by atoms with E-state index in [1.165, 1.54) is 68.7 Å². The Hall–Kier alpha value is -2.19. The molecule has 6 aromatic rings. The van der Waals surface area contributed by atoms with E-state index >= 15 is 0 Å². The minimum absolute atomic E-state index is 0. The molecular weight excluding hydrogens is 831 g/mol. The molecule has 0 bridgehead atoms. The second kappa shape index (κ2) is 23.8. The van der Waals surface area contributed by atoms with E-state index in [9.17, 15) is 0 Å². The Morgan fingerprint density at radius 1 is 0.519 bits per heavy atom. The van der Waals surface area contributed by atoms with Gasteiger partial charge in [-0.05, 0) is 61.4 Å². The van der Waals surface area contributed by atoms with Crippen LogP contribution in [0.4, 0.5) is 0 Å². The molecule has 2 nitrogen and oxygen atoms in total. The quantitative estimate of drug-likeness (QED) is 0.126. The Labute approximate surface area is 364 Å². The van der Waals surface area contributed by atoms with Gasteiger partial charge in [0.25, 0.3) is 0 Å². The first-order valence-corrected chi connectivity index (χ1v) is 25.7. The molecule has 0 aliphatic heterocycles. The Kier molecular flexibility index (Phi) is 21.9. The van der Waals surface area contributed by atoms with E-state index in [1.54, 1.807) is 0 Å². The van der Waals surface area contributed by atoms with Crippen molar-refractivity contribution >= 4 is 59.5 Å². The van der Waals surface area contributed by atoms with Gasteiger partial charge in [0.15, 0.2) is 0 Å². The van der Waals surface area contributed by atoms with Crippen LogP contribution < -0.4 is 44.0 Å². The van der Waals surface area contributed by atoms with E-state index in [2.05, 4.69) is 189 Å². The fraction of sp³-hybridized carbons (Fsp3) is 0.348.